The van der Waals surface area contributed by atoms with Crippen LogP contribution in [0.2, 0.25) is 5.02 Å². The predicted molar refractivity (Wildman–Crippen MR) is 183 cm³/mol. The van der Waals surface area contributed by atoms with Gasteiger partial charge in [-0.1, -0.05) is 38.1 Å². The van der Waals surface area contributed by atoms with Gasteiger partial charge >= 0.3 is 0 Å². The van der Waals surface area contributed by atoms with Crippen LogP contribution in [0.25, 0.3) is 38.6 Å². The Bertz CT molecular complexity index is 2160. The molecule has 0 bridgehead atoms. The van der Waals surface area contributed by atoms with Crippen LogP contribution in [0.1, 0.15) is 46.9 Å². The molecule has 0 unspecified atom stereocenters. The molecule has 1 fully saturated rings. The van der Waals surface area contributed by atoms with Gasteiger partial charge in [-0.15, -0.1) is 0 Å². The molecule has 5 aromatic rings. The van der Waals surface area contributed by atoms with Crippen molar-refractivity contribution in [2.75, 3.05) is 38.1 Å². The molecule has 0 saturated carbocycles. The third-order valence-corrected chi connectivity index (χ3v) is 9.17. The van der Waals surface area contributed by atoms with E-state index in [1.807, 2.05) is 44.7 Å². The Balaban J connectivity index is 1.79. The first-order valence-corrected chi connectivity index (χ1v) is 15.8. The van der Waals surface area contributed by atoms with Gasteiger partial charge in [0.2, 0.25) is 5.91 Å². The zero-order chi connectivity index (χ0) is 33.7. The van der Waals surface area contributed by atoms with Crippen molar-refractivity contribution in [1.82, 2.24) is 30.0 Å². The fourth-order valence-electron chi connectivity index (χ4n) is 6.58. The number of carbonyl (C=O) groups excluding carboxylic acids is 2. The van der Waals surface area contributed by atoms with Gasteiger partial charge in [-0.2, -0.15) is 5.10 Å². The highest BCUT2D eigenvalue weighted by molar-refractivity contribution is 6.35. The zero-order valence-electron chi connectivity index (χ0n) is 26.9. The van der Waals surface area contributed by atoms with Crippen molar-refractivity contribution in [3.63, 3.8) is 0 Å². The number of piperazine rings is 1. The van der Waals surface area contributed by atoms with Gasteiger partial charge in [0, 0.05) is 61.3 Å². The number of nitrogens with zero attached hydrogens (tertiary/aromatic N) is 5. The molecule has 0 spiro atoms. The van der Waals surface area contributed by atoms with E-state index in [1.165, 1.54) is 17.7 Å². The van der Waals surface area contributed by atoms with E-state index in [0.717, 1.165) is 5.56 Å². The molecule has 2 aromatic carbocycles. The van der Waals surface area contributed by atoms with Gasteiger partial charge in [0.15, 0.2) is 5.82 Å². The molecule has 47 heavy (non-hydrogen) atoms. The summed E-state index contributed by atoms with van der Waals surface area (Å²) in [4.78, 5) is 49.0. The first-order valence-electron chi connectivity index (χ1n) is 15.4. The molecule has 12 heteroatoms. The Kier molecular flexibility index (Phi) is 8.35. The number of carbonyl (C=O) groups is 2. The Morgan fingerprint density at radius 2 is 1.79 bits per heavy atom. The molecule has 2 amide bonds. The Hall–Kier alpha value is -5.03. The molecule has 0 radical (unpaired) electrons. The van der Waals surface area contributed by atoms with Crippen LogP contribution >= 0.6 is 11.6 Å². The van der Waals surface area contributed by atoms with Crippen LogP contribution in [-0.2, 0) is 4.79 Å². The molecular weight excluding hydrogens is 621 g/mol. The van der Waals surface area contributed by atoms with Gasteiger partial charge in [0.1, 0.15) is 5.56 Å². The Labute approximate surface area is 275 Å². The maximum Gasteiger partial charge on any atom is 0.270 e. The van der Waals surface area contributed by atoms with Crippen LogP contribution in [0, 0.1) is 19.7 Å². The maximum absolute atomic E-state index is 17.7. The minimum atomic E-state index is -0.718. The first-order chi connectivity index (χ1) is 22.5. The van der Waals surface area contributed by atoms with Crippen molar-refractivity contribution >= 4 is 50.9 Å². The van der Waals surface area contributed by atoms with Crippen LogP contribution in [0.3, 0.4) is 0 Å². The summed E-state index contributed by atoms with van der Waals surface area (Å²) in [6.45, 7) is 12.4. The van der Waals surface area contributed by atoms with Crippen molar-refractivity contribution < 1.29 is 14.0 Å². The molecule has 0 aliphatic carbocycles. The number of benzene rings is 2. The summed E-state index contributed by atoms with van der Waals surface area (Å²) in [7, 11) is 1.45. The van der Waals surface area contributed by atoms with Crippen molar-refractivity contribution in [2.24, 2.45) is 0 Å². The van der Waals surface area contributed by atoms with Crippen LogP contribution in [-0.4, -0.2) is 69.7 Å². The number of aromatic amines is 1. The predicted octanol–water partition coefficient (Wildman–Crippen LogP) is 5.66. The summed E-state index contributed by atoms with van der Waals surface area (Å²) < 4.78 is 19.0. The molecule has 242 valence electrons. The lowest BCUT2D eigenvalue weighted by molar-refractivity contribution is -0.126. The Morgan fingerprint density at radius 3 is 2.45 bits per heavy atom. The molecular formula is C35H35ClFN7O3. The standard InChI is InChI=1S/C35H35ClFN7O3/c1-7-25(45)42-12-14-43(15-13-42)32-21-16-23(36)27(26-19(4)8-9-24-22(26)17-40-41-24)29(37)33(21)44(35(47)28(32)34(46)38-6)31-20(5)10-11-39-30(31)18(2)3/h7-11,16-18H,1,12-15H2,2-6H3,(H,38,46)(H,40,41). The van der Waals surface area contributed by atoms with E-state index < -0.39 is 17.3 Å². The minimum Gasteiger partial charge on any atom is -0.367 e. The summed E-state index contributed by atoms with van der Waals surface area (Å²) in [5.41, 5.74) is 3.16. The van der Waals surface area contributed by atoms with Gasteiger partial charge in [0.25, 0.3) is 11.5 Å². The number of aryl methyl sites for hydroxylation is 2. The lowest BCUT2D eigenvalue weighted by Crippen LogP contribution is -2.49. The van der Waals surface area contributed by atoms with Gasteiger partial charge < -0.3 is 15.1 Å². The molecule has 2 N–H and O–H groups in total. The number of halogens is 2. The number of rotatable bonds is 6. The van der Waals surface area contributed by atoms with Crippen LogP contribution in [0.4, 0.5) is 10.1 Å². The lowest BCUT2D eigenvalue weighted by Gasteiger charge is -2.37. The van der Waals surface area contributed by atoms with Gasteiger partial charge in [-0.05, 0) is 55.2 Å². The second-order valence-corrected chi connectivity index (χ2v) is 12.4. The van der Waals surface area contributed by atoms with E-state index in [1.54, 1.807) is 29.4 Å². The SMILES string of the molecule is C=CC(=O)N1CCN(c2c(C(=O)NC)c(=O)n(-c3c(C)ccnc3C(C)C)c3c(F)c(-c4c(C)ccc5[nH]ncc45)c(Cl)cc23)CC1. The molecule has 0 atom stereocenters. The van der Waals surface area contributed by atoms with Crippen molar-refractivity contribution in [1.29, 1.82) is 0 Å². The highest BCUT2D eigenvalue weighted by Gasteiger charge is 2.33. The normalized spacial score (nSPS) is 13.5. The first kappa shape index (κ1) is 31.9. The topological polar surface area (TPSA) is 116 Å². The monoisotopic (exact) mass is 655 g/mol. The molecule has 4 heterocycles. The van der Waals surface area contributed by atoms with Crippen LogP contribution in [0.15, 0.2) is 54.1 Å². The van der Waals surface area contributed by atoms with E-state index in [4.69, 9.17) is 11.6 Å². The number of aromatic nitrogens is 4. The summed E-state index contributed by atoms with van der Waals surface area (Å²) >= 11 is 7.04. The maximum atomic E-state index is 17.7. The third kappa shape index (κ3) is 5.14. The number of fused-ring (bicyclic) bond motifs is 2. The second-order valence-electron chi connectivity index (χ2n) is 12.0. The average molecular weight is 656 g/mol. The minimum absolute atomic E-state index is 0.0282. The fraction of sp³-hybridized carbons (Fsp3) is 0.286. The third-order valence-electron chi connectivity index (χ3n) is 8.87. The summed E-state index contributed by atoms with van der Waals surface area (Å²) in [5, 5.41) is 10.8. The van der Waals surface area contributed by atoms with Gasteiger partial charge in [-0.3, -0.25) is 29.0 Å². The number of hydrogen-bond acceptors (Lipinski definition) is 6. The van der Waals surface area contributed by atoms with Crippen LogP contribution < -0.4 is 15.8 Å². The van der Waals surface area contributed by atoms with E-state index in [-0.39, 0.29) is 44.6 Å². The molecule has 10 nitrogen and oxygen atoms in total. The zero-order valence-corrected chi connectivity index (χ0v) is 27.6. The number of H-pyrrole nitrogens is 1. The highest BCUT2D eigenvalue weighted by Crippen LogP contribution is 2.44. The molecule has 3 aromatic heterocycles. The number of pyridine rings is 2. The van der Waals surface area contributed by atoms with E-state index >= 15 is 4.39 Å². The highest BCUT2D eigenvalue weighted by atomic mass is 35.5. The van der Waals surface area contributed by atoms with Crippen LogP contribution in [0.5, 0.6) is 0 Å². The van der Waals surface area contributed by atoms with E-state index in [2.05, 4.69) is 27.1 Å². The number of anilines is 1. The van der Waals surface area contributed by atoms with Gasteiger partial charge in [-0.25, -0.2) is 4.39 Å². The van der Waals surface area contributed by atoms with Crippen molar-refractivity contribution in [3.05, 3.63) is 92.9 Å². The number of amides is 2. The number of hydrogen-bond donors (Lipinski definition) is 2. The smallest absolute Gasteiger partial charge is 0.270 e. The lowest BCUT2D eigenvalue weighted by atomic mass is 9.93. The summed E-state index contributed by atoms with van der Waals surface area (Å²) in [6.07, 6.45) is 4.53. The quantitative estimate of drug-likeness (QED) is 0.228. The fourth-order valence-corrected chi connectivity index (χ4v) is 6.87. The molecule has 1 aliphatic rings. The molecule has 1 aliphatic heterocycles. The van der Waals surface area contributed by atoms with Crippen molar-refractivity contribution in [2.45, 2.75) is 33.6 Å². The number of nitrogens with one attached hydrogen (secondary N) is 2. The average Bonchev–Trinajstić information content (AvgIpc) is 3.54. The largest absolute Gasteiger partial charge is 0.367 e. The summed E-state index contributed by atoms with van der Waals surface area (Å²) in [6, 6.07) is 7.11. The second kappa shape index (κ2) is 12.3. The summed E-state index contributed by atoms with van der Waals surface area (Å²) in [5.74, 6) is -1.70. The van der Waals surface area contributed by atoms with Gasteiger partial charge in [0.05, 0.1) is 39.3 Å². The van der Waals surface area contributed by atoms with Crippen molar-refractivity contribution in [3.8, 4) is 16.8 Å². The molecule has 1 saturated heterocycles. The van der Waals surface area contributed by atoms with E-state index in [0.29, 0.717) is 59.6 Å². The van der Waals surface area contributed by atoms with E-state index in [9.17, 15) is 14.4 Å². The molecule has 6 rings (SSSR count). The Morgan fingerprint density at radius 1 is 1.06 bits per heavy atom.